The number of carbonyl (C=O) groups is 1. The highest BCUT2D eigenvalue weighted by molar-refractivity contribution is 5.85. The number of Topliss-reactive ketones (excluding diaryl/α,β-unsaturated/α-hetero) is 1. The van der Waals surface area contributed by atoms with Crippen molar-refractivity contribution in [3.05, 3.63) is 0 Å². The summed E-state index contributed by atoms with van der Waals surface area (Å²) in [6, 6.07) is 0. The van der Waals surface area contributed by atoms with Gasteiger partial charge in [0.25, 0.3) is 0 Å². The lowest BCUT2D eigenvalue weighted by molar-refractivity contribution is -0.126. The van der Waals surface area contributed by atoms with E-state index in [1.165, 1.54) is 0 Å². The van der Waals surface area contributed by atoms with E-state index in [1.807, 2.05) is 20.8 Å². The van der Waals surface area contributed by atoms with Crippen molar-refractivity contribution in [2.75, 3.05) is 13.6 Å². The molecule has 0 amide bonds. The average molecular weight is 143 g/mol. The monoisotopic (exact) mass is 143 g/mol. The van der Waals surface area contributed by atoms with E-state index < -0.39 is 0 Å². The van der Waals surface area contributed by atoms with Crippen LogP contribution < -0.4 is 5.32 Å². The third-order valence-corrected chi connectivity index (χ3v) is 1.98. The molecule has 0 aliphatic rings. The van der Waals surface area contributed by atoms with E-state index in [0.29, 0.717) is 6.54 Å². The Bertz CT molecular complexity index is 118. The predicted molar refractivity (Wildman–Crippen MR) is 43.0 cm³/mol. The standard InChI is InChI=1S/C8H17NO/c1-5-8(2,3)7(10)6-9-4/h9H,5-6H2,1-4H3. The first-order valence-electron chi connectivity index (χ1n) is 3.72. The van der Waals surface area contributed by atoms with Gasteiger partial charge in [-0.3, -0.25) is 4.79 Å². The molecule has 0 radical (unpaired) electrons. The summed E-state index contributed by atoms with van der Waals surface area (Å²) in [6.45, 7) is 6.48. The van der Waals surface area contributed by atoms with E-state index >= 15 is 0 Å². The second kappa shape index (κ2) is 3.71. The molecule has 2 heteroatoms. The Morgan fingerprint density at radius 3 is 2.30 bits per heavy atom. The average Bonchev–Trinajstić information content (AvgIpc) is 1.89. The minimum atomic E-state index is -0.150. The van der Waals surface area contributed by atoms with Crippen molar-refractivity contribution in [2.45, 2.75) is 27.2 Å². The fraction of sp³-hybridized carbons (Fsp3) is 0.875. The molecule has 10 heavy (non-hydrogen) atoms. The Labute approximate surface area is 63.0 Å². The van der Waals surface area contributed by atoms with Crippen LogP contribution in [0.2, 0.25) is 0 Å². The highest BCUT2D eigenvalue weighted by Crippen LogP contribution is 2.19. The van der Waals surface area contributed by atoms with Crippen molar-refractivity contribution in [3.63, 3.8) is 0 Å². The first-order valence-corrected chi connectivity index (χ1v) is 3.72. The lowest BCUT2D eigenvalue weighted by Crippen LogP contribution is -2.31. The first-order chi connectivity index (χ1) is 4.54. The van der Waals surface area contributed by atoms with Crippen LogP contribution >= 0.6 is 0 Å². The van der Waals surface area contributed by atoms with Gasteiger partial charge in [-0.25, -0.2) is 0 Å². The molecule has 0 spiro atoms. The Morgan fingerprint density at radius 2 is 2.00 bits per heavy atom. The van der Waals surface area contributed by atoms with Crippen molar-refractivity contribution < 1.29 is 4.79 Å². The number of rotatable bonds is 4. The molecule has 0 aliphatic heterocycles. The van der Waals surface area contributed by atoms with Crippen LogP contribution in [-0.4, -0.2) is 19.4 Å². The minimum Gasteiger partial charge on any atom is -0.313 e. The van der Waals surface area contributed by atoms with E-state index in [4.69, 9.17) is 0 Å². The SMILES string of the molecule is CCC(C)(C)C(=O)CNC. The zero-order chi connectivity index (χ0) is 8.20. The Hall–Kier alpha value is -0.370. The first kappa shape index (κ1) is 9.63. The summed E-state index contributed by atoms with van der Waals surface area (Å²) >= 11 is 0. The smallest absolute Gasteiger partial charge is 0.152 e. The highest BCUT2D eigenvalue weighted by atomic mass is 16.1. The summed E-state index contributed by atoms with van der Waals surface area (Å²) < 4.78 is 0. The number of hydrogen-bond donors (Lipinski definition) is 1. The third-order valence-electron chi connectivity index (χ3n) is 1.98. The van der Waals surface area contributed by atoms with Crippen LogP contribution in [0.15, 0.2) is 0 Å². The number of hydrogen-bond acceptors (Lipinski definition) is 2. The molecule has 2 nitrogen and oxygen atoms in total. The molecular weight excluding hydrogens is 126 g/mol. The molecule has 0 bridgehead atoms. The normalized spacial score (nSPS) is 11.6. The van der Waals surface area contributed by atoms with Gasteiger partial charge in [0.1, 0.15) is 0 Å². The van der Waals surface area contributed by atoms with Crippen molar-refractivity contribution in [2.24, 2.45) is 5.41 Å². The molecule has 60 valence electrons. The number of carbonyl (C=O) groups excluding carboxylic acids is 1. The van der Waals surface area contributed by atoms with Gasteiger partial charge in [0.05, 0.1) is 6.54 Å². The van der Waals surface area contributed by atoms with Crippen LogP contribution in [0.1, 0.15) is 27.2 Å². The van der Waals surface area contributed by atoms with Gasteiger partial charge >= 0.3 is 0 Å². The van der Waals surface area contributed by atoms with Crippen LogP contribution in [0.25, 0.3) is 0 Å². The second-order valence-electron chi connectivity index (χ2n) is 3.19. The highest BCUT2D eigenvalue weighted by Gasteiger charge is 2.23. The lowest BCUT2D eigenvalue weighted by atomic mass is 9.85. The summed E-state index contributed by atoms with van der Waals surface area (Å²) in [5.74, 6) is 0.289. The minimum absolute atomic E-state index is 0.150. The van der Waals surface area contributed by atoms with Crippen LogP contribution in [-0.2, 0) is 4.79 Å². The van der Waals surface area contributed by atoms with Gasteiger partial charge in [0, 0.05) is 5.41 Å². The molecule has 0 saturated heterocycles. The molecule has 0 unspecified atom stereocenters. The molecule has 0 aliphatic carbocycles. The molecule has 0 fully saturated rings. The van der Waals surface area contributed by atoms with Crippen LogP contribution in [0.5, 0.6) is 0 Å². The largest absolute Gasteiger partial charge is 0.313 e. The predicted octanol–water partition coefficient (Wildman–Crippen LogP) is 1.21. The lowest BCUT2D eigenvalue weighted by Gasteiger charge is -2.20. The van der Waals surface area contributed by atoms with Gasteiger partial charge < -0.3 is 5.32 Å². The molecule has 0 aromatic rings. The van der Waals surface area contributed by atoms with E-state index in [-0.39, 0.29) is 11.2 Å². The molecule has 0 atom stereocenters. The maximum atomic E-state index is 11.2. The zero-order valence-corrected chi connectivity index (χ0v) is 7.32. The Kier molecular flexibility index (Phi) is 3.58. The fourth-order valence-electron chi connectivity index (χ4n) is 0.597. The Morgan fingerprint density at radius 1 is 1.50 bits per heavy atom. The van der Waals surface area contributed by atoms with Crippen molar-refractivity contribution in [3.8, 4) is 0 Å². The topological polar surface area (TPSA) is 29.1 Å². The van der Waals surface area contributed by atoms with Gasteiger partial charge in [-0.2, -0.15) is 0 Å². The van der Waals surface area contributed by atoms with E-state index in [9.17, 15) is 4.79 Å². The van der Waals surface area contributed by atoms with E-state index in [0.717, 1.165) is 6.42 Å². The molecule has 0 rings (SSSR count). The summed E-state index contributed by atoms with van der Waals surface area (Å²) in [5.41, 5.74) is -0.150. The quantitative estimate of drug-likeness (QED) is 0.641. The van der Waals surface area contributed by atoms with Crippen molar-refractivity contribution in [1.82, 2.24) is 5.32 Å². The second-order valence-corrected chi connectivity index (χ2v) is 3.19. The molecular formula is C8H17NO. The van der Waals surface area contributed by atoms with E-state index in [2.05, 4.69) is 5.32 Å². The summed E-state index contributed by atoms with van der Waals surface area (Å²) in [4.78, 5) is 11.2. The van der Waals surface area contributed by atoms with Crippen molar-refractivity contribution >= 4 is 5.78 Å². The fourth-order valence-corrected chi connectivity index (χ4v) is 0.597. The molecule has 0 aromatic heterocycles. The molecule has 0 aromatic carbocycles. The van der Waals surface area contributed by atoms with Crippen LogP contribution in [0.3, 0.4) is 0 Å². The summed E-state index contributed by atoms with van der Waals surface area (Å²) in [6.07, 6.45) is 0.910. The molecule has 0 saturated carbocycles. The summed E-state index contributed by atoms with van der Waals surface area (Å²) in [5, 5.41) is 2.86. The van der Waals surface area contributed by atoms with Gasteiger partial charge in [-0.05, 0) is 13.5 Å². The zero-order valence-electron chi connectivity index (χ0n) is 7.32. The number of ketones is 1. The maximum absolute atomic E-state index is 11.2. The van der Waals surface area contributed by atoms with Gasteiger partial charge in [-0.1, -0.05) is 20.8 Å². The van der Waals surface area contributed by atoms with Crippen molar-refractivity contribution in [1.29, 1.82) is 0 Å². The van der Waals surface area contributed by atoms with Gasteiger partial charge in [-0.15, -0.1) is 0 Å². The maximum Gasteiger partial charge on any atom is 0.152 e. The van der Waals surface area contributed by atoms with Gasteiger partial charge in [0.2, 0.25) is 0 Å². The van der Waals surface area contributed by atoms with E-state index in [1.54, 1.807) is 7.05 Å². The molecule has 1 N–H and O–H groups in total. The van der Waals surface area contributed by atoms with Crippen LogP contribution in [0.4, 0.5) is 0 Å². The van der Waals surface area contributed by atoms with Crippen LogP contribution in [0, 0.1) is 5.41 Å². The number of likely N-dealkylation sites (N-methyl/N-ethyl adjacent to an activating group) is 1. The molecule has 0 heterocycles. The van der Waals surface area contributed by atoms with Gasteiger partial charge in [0.15, 0.2) is 5.78 Å². The third kappa shape index (κ3) is 2.48. The Balaban J connectivity index is 3.91. The number of nitrogens with one attached hydrogen (secondary N) is 1. The summed E-state index contributed by atoms with van der Waals surface area (Å²) in [7, 11) is 1.80.